The molecule has 0 atom stereocenters. The number of rotatable bonds is 1. The van der Waals surface area contributed by atoms with Crippen LogP contribution in [0.15, 0.2) is 0 Å². The lowest BCUT2D eigenvalue weighted by Gasteiger charge is -2.02. The van der Waals surface area contributed by atoms with E-state index in [0.29, 0.717) is 0 Å². The van der Waals surface area contributed by atoms with Crippen molar-refractivity contribution in [3.63, 3.8) is 0 Å². The van der Waals surface area contributed by atoms with Crippen molar-refractivity contribution in [3.05, 3.63) is 0 Å². The highest BCUT2D eigenvalue weighted by Crippen LogP contribution is 1.72. The van der Waals surface area contributed by atoms with E-state index in [-0.39, 0.29) is 6.61 Å². The van der Waals surface area contributed by atoms with Gasteiger partial charge in [0.25, 0.3) is 0 Å². The van der Waals surface area contributed by atoms with Crippen molar-refractivity contribution in [2.24, 2.45) is 0 Å². The highest BCUT2D eigenvalue weighted by molar-refractivity contribution is 5.93. The molecule has 0 aromatic heterocycles. The summed E-state index contributed by atoms with van der Waals surface area (Å²) in [6, 6.07) is 0. The third-order valence-electron chi connectivity index (χ3n) is 0.685. The standard InChI is InChI=1S/C6H8N2O3/c1-3-5(9)7-8-6(10)11-4-2/h1H,4H2,2H3,(H,7,9)(H,8,10). The van der Waals surface area contributed by atoms with Crippen molar-refractivity contribution in [3.8, 4) is 12.3 Å². The summed E-state index contributed by atoms with van der Waals surface area (Å²) < 4.78 is 4.40. The lowest BCUT2D eigenvalue weighted by atomic mass is 10.7. The first kappa shape index (κ1) is 9.30. The maximum Gasteiger partial charge on any atom is 0.426 e. The number of amides is 2. The van der Waals surface area contributed by atoms with E-state index >= 15 is 0 Å². The number of hydrogen-bond acceptors (Lipinski definition) is 3. The van der Waals surface area contributed by atoms with E-state index in [4.69, 9.17) is 0 Å². The molecule has 2 N–H and O–H groups in total. The molecule has 0 aromatic rings. The van der Waals surface area contributed by atoms with Crippen LogP contribution in [0.4, 0.5) is 4.79 Å². The van der Waals surface area contributed by atoms with Crippen LogP contribution in [0, 0.1) is 12.3 Å². The zero-order chi connectivity index (χ0) is 8.69. The van der Waals surface area contributed by atoms with Crippen molar-refractivity contribution in [2.75, 3.05) is 6.61 Å². The number of carbonyl (C=O) groups is 2. The number of ether oxygens (including phenoxy) is 1. The quantitative estimate of drug-likeness (QED) is 0.393. The molecule has 0 fully saturated rings. The summed E-state index contributed by atoms with van der Waals surface area (Å²) in [6.45, 7) is 1.88. The van der Waals surface area contributed by atoms with Crippen molar-refractivity contribution >= 4 is 12.0 Å². The first-order valence-corrected chi connectivity index (χ1v) is 2.90. The van der Waals surface area contributed by atoms with Gasteiger partial charge in [-0.15, -0.1) is 6.42 Å². The van der Waals surface area contributed by atoms with Crippen LogP contribution in [0.5, 0.6) is 0 Å². The van der Waals surface area contributed by atoms with Gasteiger partial charge in [0.2, 0.25) is 0 Å². The predicted molar refractivity (Wildman–Crippen MR) is 37.1 cm³/mol. The highest BCUT2D eigenvalue weighted by Gasteiger charge is 1.99. The Bertz CT molecular complexity index is 194. The van der Waals surface area contributed by atoms with Gasteiger partial charge >= 0.3 is 12.0 Å². The summed E-state index contributed by atoms with van der Waals surface area (Å²) in [4.78, 5) is 20.7. The van der Waals surface area contributed by atoms with Gasteiger partial charge in [-0.05, 0) is 12.8 Å². The normalized spacial score (nSPS) is 7.64. The van der Waals surface area contributed by atoms with Crippen molar-refractivity contribution in [1.82, 2.24) is 10.9 Å². The summed E-state index contributed by atoms with van der Waals surface area (Å²) in [5.41, 5.74) is 3.85. The van der Waals surface area contributed by atoms with E-state index in [2.05, 4.69) is 11.2 Å². The van der Waals surface area contributed by atoms with Crippen LogP contribution >= 0.6 is 0 Å². The zero-order valence-electron chi connectivity index (χ0n) is 6.01. The molecule has 0 heterocycles. The maximum absolute atomic E-state index is 10.4. The second-order valence-electron chi connectivity index (χ2n) is 1.44. The van der Waals surface area contributed by atoms with E-state index < -0.39 is 12.0 Å². The molecule has 0 spiro atoms. The third kappa shape index (κ3) is 4.78. The maximum atomic E-state index is 10.4. The fourth-order valence-corrected chi connectivity index (χ4v) is 0.311. The van der Waals surface area contributed by atoms with Gasteiger partial charge in [0, 0.05) is 0 Å². The average Bonchev–Trinajstić information content (AvgIpc) is 2.01. The third-order valence-corrected chi connectivity index (χ3v) is 0.685. The Hall–Kier alpha value is -1.70. The molecule has 0 unspecified atom stereocenters. The molecule has 5 heteroatoms. The molecule has 60 valence electrons. The van der Waals surface area contributed by atoms with Gasteiger partial charge in [-0.3, -0.25) is 10.2 Å². The second kappa shape index (κ2) is 5.11. The van der Waals surface area contributed by atoms with Gasteiger partial charge < -0.3 is 4.74 Å². The Morgan fingerprint density at radius 2 is 2.18 bits per heavy atom. The van der Waals surface area contributed by atoms with Crippen LogP contribution in [0.2, 0.25) is 0 Å². The van der Waals surface area contributed by atoms with Gasteiger partial charge in [0.05, 0.1) is 6.61 Å². The monoisotopic (exact) mass is 156 g/mol. The summed E-state index contributed by atoms with van der Waals surface area (Å²) in [6.07, 6.45) is 3.94. The molecule has 0 aliphatic carbocycles. The van der Waals surface area contributed by atoms with Gasteiger partial charge in [0.1, 0.15) is 0 Å². The average molecular weight is 156 g/mol. The minimum atomic E-state index is -0.740. The van der Waals surface area contributed by atoms with E-state index in [1.807, 2.05) is 10.9 Å². The zero-order valence-corrected chi connectivity index (χ0v) is 6.01. The fourth-order valence-electron chi connectivity index (χ4n) is 0.311. The molecule has 0 saturated carbocycles. The minimum Gasteiger partial charge on any atom is -0.449 e. The Labute approximate surface area is 64.1 Å². The molecule has 0 bridgehead atoms. The topological polar surface area (TPSA) is 67.4 Å². The number of hydrogen-bond donors (Lipinski definition) is 2. The second-order valence-corrected chi connectivity index (χ2v) is 1.44. The van der Waals surface area contributed by atoms with Crippen LogP contribution in [0.1, 0.15) is 6.92 Å². The molecular formula is C6H8N2O3. The Kier molecular flexibility index (Phi) is 4.32. The minimum absolute atomic E-state index is 0.234. The summed E-state index contributed by atoms with van der Waals surface area (Å²) in [5.74, 6) is 1.02. The first-order valence-electron chi connectivity index (χ1n) is 2.90. The van der Waals surface area contributed by atoms with Crippen LogP contribution in [-0.2, 0) is 9.53 Å². The number of nitrogens with one attached hydrogen (secondary N) is 2. The van der Waals surface area contributed by atoms with Crippen molar-refractivity contribution < 1.29 is 14.3 Å². The van der Waals surface area contributed by atoms with Gasteiger partial charge in [-0.1, -0.05) is 0 Å². The largest absolute Gasteiger partial charge is 0.449 e. The smallest absolute Gasteiger partial charge is 0.426 e. The van der Waals surface area contributed by atoms with Crippen molar-refractivity contribution in [1.29, 1.82) is 0 Å². The first-order chi connectivity index (χ1) is 5.20. The van der Waals surface area contributed by atoms with E-state index in [1.165, 1.54) is 0 Å². The summed E-state index contributed by atoms with van der Waals surface area (Å²) in [5, 5.41) is 0. The molecule has 0 saturated heterocycles. The molecule has 5 nitrogen and oxygen atoms in total. The van der Waals surface area contributed by atoms with E-state index in [9.17, 15) is 9.59 Å². The van der Waals surface area contributed by atoms with Crippen LogP contribution in [-0.4, -0.2) is 18.6 Å². The Morgan fingerprint density at radius 3 is 2.64 bits per heavy atom. The lowest BCUT2D eigenvalue weighted by Crippen LogP contribution is -2.41. The fraction of sp³-hybridized carbons (Fsp3) is 0.333. The molecule has 0 aromatic carbocycles. The van der Waals surface area contributed by atoms with Crippen LogP contribution < -0.4 is 10.9 Å². The van der Waals surface area contributed by atoms with Crippen LogP contribution in [0.3, 0.4) is 0 Å². The molecule has 0 radical (unpaired) electrons. The molecule has 0 rings (SSSR count). The van der Waals surface area contributed by atoms with E-state index in [0.717, 1.165) is 0 Å². The van der Waals surface area contributed by atoms with Gasteiger partial charge in [0.15, 0.2) is 0 Å². The lowest BCUT2D eigenvalue weighted by molar-refractivity contribution is -0.116. The van der Waals surface area contributed by atoms with Crippen molar-refractivity contribution in [2.45, 2.75) is 6.92 Å². The number of hydrazine groups is 1. The highest BCUT2D eigenvalue weighted by atomic mass is 16.5. The Balaban J connectivity index is 3.48. The summed E-state index contributed by atoms with van der Waals surface area (Å²) >= 11 is 0. The predicted octanol–water partition coefficient (Wildman–Crippen LogP) is -0.603. The molecule has 0 aliphatic rings. The summed E-state index contributed by atoms with van der Waals surface area (Å²) in [7, 11) is 0. The van der Waals surface area contributed by atoms with Crippen LogP contribution in [0.25, 0.3) is 0 Å². The molecule has 2 amide bonds. The number of carbonyl (C=O) groups excluding carboxylic acids is 2. The van der Waals surface area contributed by atoms with E-state index in [1.54, 1.807) is 12.8 Å². The molecule has 0 aliphatic heterocycles. The molecule has 11 heavy (non-hydrogen) atoms. The Morgan fingerprint density at radius 1 is 1.55 bits per heavy atom. The van der Waals surface area contributed by atoms with Gasteiger partial charge in [-0.2, -0.15) is 0 Å². The SMILES string of the molecule is C#CC(=O)NNC(=O)OCC. The van der Waals surface area contributed by atoms with Gasteiger partial charge in [-0.25, -0.2) is 10.2 Å². The molecular weight excluding hydrogens is 148 g/mol. The number of terminal acetylenes is 1.